The van der Waals surface area contributed by atoms with Crippen molar-refractivity contribution in [1.82, 2.24) is 0 Å². The Labute approximate surface area is 132 Å². The van der Waals surface area contributed by atoms with Crippen LogP contribution in [0.25, 0.3) is 0 Å². The van der Waals surface area contributed by atoms with E-state index in [1.807, 2.05) is 0 Å². The van der Waals surface area contributed by atoms with Gasteiger partial charge in [-0.05, 0) is 20.3 Å². The molecule has 0 aliphatic rings. The molecule has 136 valence electrons. The van der Waals surface area contributed by atoms with Gasteiger partial charge in [-0.15, -0.1) is 0 Å². The monoisotopic (exact) mass is 362 g/mol. The van der Waals surface area contributed by atoms with E-state index in [1.165, 1.54) is 13.8 Å². The highest BCUT2D eigenvalue weighted by atomic mass is 32.2. The summed E-state index contributed by atoms with van der Waals surface area (Å²) in [6, 6.07) is 0. The zero-order valence-corrected chi connectivity index (χ0v) is 14.2. The van der Waals surface area contributed by atoms with Gasteiger partial charge in [-0.25, -0.2) is 4.79 Å². The molecule has 1 atom stereocenters. The molecule has 0 aromatic carbocycles. The van der Waals surface area contributed by atoms with Crippen molar-refractivity contribution in [2.24, 2.45) is 5.41 Å². The molecule has 0 aromatic rings. The van der Waals surface area contributed by atoms with E-state index in [0.717, 1.165) is 14.0 Å². The van der Waals surface area contributed by atoms with Gasteiger partial charge < -0.3 is 14.2 Å². The van der Waals surface area contributed by atoms with E-state index >= 15 is 0 Å². The standard InChI is InChI=1S/C12H20F2O8S/c1-6-10(2,3)8(15)22-11(4,9(16)20-5)21-7-12(13,14)23(17,18)19/h6-7H2,1-5H3,(H,17,18,19). The van der Waals surface area contributed by atoms with Crippen LogP contribution in [0, 0.1) is 5.41 Å². The maximum atomic E-state index is 13.2. The minimum atomic E-state index is -5.77. The highest BCUT2D eigenvalue weighted by Crippen LogP contribution is 2.29. The van der Waals surface area contributed by atoms with Crippen molar-refractivity contribution in [2.75, 3.05) is 13.7 Å². The van der Waals surface area contributed by atoms with Crippen LogP contribution in [-0.4, -0.2) is 49.7 Å². The van der Waals surface area contributed by atoms with Crippen LogP contribution in [0.4, 0.5) is 8.78 Å². The lowest BCUT2D eigenvalue weighted by molar-refractivity contribution is -0.249. The van der Waals surface area contributed by atoms with Crippen molar-refractivity contribution in [3.8, 4) is 0 Å². The molecule has 8 nitrogen and oxygen atoms in total. The summed E-state index contributed by atoms with van der Waals surface area (Å²) >= 11 is 0. The average Bonchev–Trinajstić information content (AvgIpc) is 2.42. The van der Waals surface area contributed by atoms with E-state index in [-0.39, 0.29) is 0 Å². The Hall–Kier alpha value is -1.33. The largest absolute Gasteiger partial charge is 0.464 e. The molecule has 0 spiro atoms. The van der Waals surface area contributed by atoms with Crippen LogP contribution in [0.2, 0.25) is 0 Å². The molecule has 0 heterocycles. The number of hydrogen-bond donors (Lipinski definition) is 1. The third-order valence-electron chi connectivity index (χ3n) is 3.17. The van der Waals surface area contributed by atoms with Crippen LogP contribution in [0.15, 0.2) is 0 Å². The van der Waals surface area contributed by atoms with Gasteiger partial charge in [-0.3, -0.25) is 9.35 Å². The van der Waals surface area contributed by atoms with Crippen molar-refractivity contribution in [3.63, 3.8) is 0 Å². The summed E-state index contributed by atoms with van der Waals surface area (Å²) in [6.07, 6.45) is 0.310. The number of halogens is 2. The molecule has 1 unspecified atom stereocenters. The summed E-state index contributed by atoms with van der Waals surface area (Å²) in [5.41, 5.74) is -1.05. The number of ether oxygens (including phenoxy) is 3. The van der Waals surface area contributed by atoms with Gasteiger partial charge in [-0.1, -0.05) is 6.92 Å². The summed E-state index contributed by atoms with van der Waals surface area (Å²) in [4.78, 5) is 23.7. The van der Waals surface area contributed by atoms with Gasteiger partial charge in [0.2, 0.25) is 0 Å². The zero-order chi connectivity index (χ0) is 18.7. The lowest BCUT2D eigenvalue weighted by atomic mass is 9.90. The number of methoxy groups -OCH3 is 1. The van der Waals surface area contributed by atoms with Crippen LogP contribution < -0.4 is 0 Å². The third kappa shape index (κ3) is 5.36. The molecule has 0 radical (unpaired) electrons. The first-order valence-electron chi connectivity index (χ1n) is 6.43. The van der Waals surface area contributed by atoms with Crippen molar-refractivity contribution < 1.29 is 45.6 Å². The van der Waals surface area contributed by atoms with Crippen molar-refractivity contribution in [2.45, 2.75) is 45.2 Å². The fourth-order valence-corrected chi connectivity index (χ4v) is 1.28. The number of carbonyl (C=O) groups excluding carboxylic acids is 2. The maximum absolute atomic E-state index is 13.2. The molecule has 0 aliphatic carbocycles. The van der Waals surface area contributed by atoms with Gasteiger partial charge in [-0.2, -0.15) is 17.2 Å². The van der Waals surface area contributed by atoms with E-state index in [1.54, 1.807) is 6.92 Å². The van der Waals surface area contributed by atoms with Gasteiger partial charge in [0.25, 0.3) is 0 Å². The van der Waals surface area contributed by atoms with Crippen LogP contribution in [0.5, 0.6) is 0 Å². The summed E-state index contributed by atoms with van der Waals surface area (Å²) in [7, 11) is -4.88. The molecule has 0 saturated carbocycles. The average molecular weight is 362 g/mol. The topological polar surface area (TPSA) is 116 Å². The second-order valence-corrected chi connectivity index (χ2v) is 7.01. The Kier molecular flexibility index (Phi) is 6.65. The van der Waals surface area contributed by atoms with E-state index in [9.17, 15) is 26.8 Å². The minimum absolute atomic E-state index is 0.310. The van der Waals surface area contributed by atoms with Crippen LogP contribution in [-0.2, 0) is 33.9 Å². The smallest absolute Gasteiger partial charge is 0.392 e. The molecule has 0 saturated heterocycles. The highest BCUT2D eigenvalue weighted by molar-refractivity contribution is 7.86. The van der Waals surface area contributed by atoms with Crippen LogP contribution in [0.3, 0.4) is 0 Å². The lowest BCUT2D eigenvalue weighted by Gasteiger charge is -2.31. The number of hydrogen-bond acceptors (Lipinski definition) is 7. The Morgan fingerprint density at radius 3 is 1.96 bits per heavy atom. The summed E-state index contributed by atoms with van der Waals surface area (Å²) < 4.78 is 69.5. The molecular weight excluding hydrogens is 342 g/mol. The second-order valence-electron chi connectivity index (χ2n) is 5.47. The number of carbonyl (C=O) groups is 2. The molecule has 0 bridgehead atoms. The fraction of sp³-hybridized carbons (Fsp3) is 0.833. The zero-order valence-electron chi connectivity index (χ0n) is 13.4. The summed E-state index contributed by atoms with van der Waals surface area (Å²) in [6.45, 7) is 3.53. The number of esters is 2. The van der Waals surface area contributed by atoms with E-state index in [2.05, 4.69) is 9.47 Å². The minimum Gasteiger partial charge on any atom is -0.464 e. The van der Waals surface area contributed by atoms with Crippen molar-refractivity contribution in [1.29, 1.82) is 0 Å². The lowest BCUT2D eigenvalue weighted by Crippen LogP contribution is -2.49. The predicted molar refractivity (Wildman–Crippen MR) is 73.0 cm³/mol. The Morgan fingerprint density at radius 2 is 1.61 bits per heavy atom. The normalized spacial score (nSPS) is 15.7. The molecule has 0 rings (SSSR count). The molecule has 23 heavy (non-hydrogen) atoms. The molecule has 0 amide bonds. The van der Waals surface area contributed by atoms with Gasteiger partial charge in [0.1, 0.15) is 6.61 Å². The molecule has 0 aliphatic heterocycles. The first-order valence-corrected chi connectivity index (χ1v) is 7.87. The van der Waals surface area contributed by atoms with Crippen molar-refractivity contribution >= 4 is 22.1 Å². The molecule has 0 aromatic heterocycles. The highest BCUT2D eigenvalue weighted by Gasteiger charge is 2.50. The van der Waals surface area contributed by atoms with Gasteiger partial charge in [0.15, 0.2) is 0 Å². The van der Waals surface area contributed by atoms with E-state index in [4.69, 9.17) is 9.29 Å². The number of rotatable bonds is 8. The predicted octanol–water partition coefficient (Wildman–Crippen LogP) is 1.35. The first kappa shape index (κ1) is 21.7. The Balaban J connectivity index is 5.38. The van der Waals surface area contributed by atoms with E-state index in [0.29, 0.717) is 6.42 Å². The van der Waals surface area contributed by atoms with Gasteiger partial charge >= 0.3 is 33.1 Å². The summed E-state index contributed by atoms with van der Waals surface area (Å²) in [5, 5.41) is -4.70. The third-order valence-corrected chi connectivity index (χ3v) is 4.05. The van der Waals surface area contributed by atoms with Crippen LogP contribution >= 0.6 is 0 Å². The fourth-order valence-electron chi connectivity index (χ4n) is 1.07. The molecular formula is C12H20F2O8S. The van der Waals surface area contributed by atoms with Gasteiger partial charge in [0, 0.05) is 6.92 Å². The maximum Gasteiger partial charge on any atom is 0.392 e. The molecule has 0 fully saturated rings. The summed E-state index contributed by atoms with van der Waals surface area (Å²) in [5.74, 6) is -4.88. The van der Waals surface area contributed by atoms with Gasteiger partial charge in [0.05, 0.1) is 12.5 Å². The first-order chi connectivity index (χ1) is 10.1. The number of alkyl halides is 2. The Bertz CT molecular complexity index is 557. The SMILES string of the molecule is CCC(C)(C)C(=O)OC(C)(OCC(F)(F)S(=O)(=O)O)C(=O)OC. The molecule has 1 N–H and O–H groups in total. The Morgan fingerprint density at radius 1 is 1.13 bits per heavy atom. The quantitative estimate of drug-likeness (QED) is 0.391. The van der Waals surface area contributed by atoms with Crippen molar-refractivity contribution in [3.05, 3.63) is 0 Å². The second kappa shape index (κ2) is 7.05. The van der Waals surface area contributed by atoms with E-state index < -0.39 is 45.1 Å². The van der Waals surface area contributed by atoms with Crippen LogP contribution in [0.1, 0.15) is 34.1 Å². The molecule has 11 heteroatoms.